The fraction of sp³-hybridized carbons (Fsp3) is 0.629. The minimum Gasteiger partial charge on any atom is -0.386 e. The second-order valence-electron chi connectivity index (χ2n) is 14.1. The fourth-order valence-electron chi connectivity index (χ4n) is 7.99. The summed E-state index contributed by atoms with van der Waals surface area (Å²) in [5.41, 5.74) is 1.07. The molecule has 0 aliphatic carbocycles. The van der Waals surface area contributed by atoms with Crippen molar-refractivity contribution in [3.05, 3.63) is 44.6 Å². The van der Waals surface area contributed by atoms with Crippen LogP contribution < -0.4 is 10.6 Å². The smallest absolute Gasteiger partial charge is 0.386 e. The van der Waals surface area contributed by atoms with Crippen molar-refractivity contribution < 1.29 is 27.6 Å². The molecule has 10 nitrogen and oxygen atoms in total. The van der Waals surface area contributed by atoms with Crippen LogP contribution in [-0.4, -0.2) is 121 Å². The topological polar surface area (TPSA) is 91.5 Å². The van der Waals surface area contributed by atoms with Gasteiger partial charge in [0.25, 0.3) is 0 Å². The van der Waals surface area contributed by atoms with Crippen LogP contribution in [0.25, 0.3) is 0 Å². The first-order valence-corrected chi connectivity index (χ1v) is 18.9. The summed E-state index contributed by atoms with van der Waals surface area (Å²) in [7, 11) is 3.52. The predicted octanol–water partition coefficient (Wildman–Crippen LogP) is 5.68. The molecule has 50 heavy (non-hydrogen) atoms. The lowest BCUT2D eigenvalue weighted by Gasteiger charge is -2.41. The number of nitrogens with one attached hydrogen (secondary N) is 2. The van der Waals surface area contributed by atoms with Crippen molar-refractivity contribution in [1.29, 1.82) is 0 Å². The molecule has 4 aliphatic heterocycles. The monoisotopic (exact) mass is 737 g/mol. The zero-order chi connectivity index (χ0) is 35.6. The number of thiophene rings is 1. The van der Waals surface area contributed by atoms with Crippen LogP contribution in [0.4, 0.5) is 29.3 Å². The van der Waals surface area contributed by atoms with Gasteiger partial charge in [-0.15, -0.1) is 11.3 Å². The van der Waals surface area contributed by atoms with E-state index in [1.54, 1.807) is 21.1 Å². The van der Waals surface area contributed by atoms with Crippen molar-refractivity contribution in [2.75, 3.05) is 77.1 Å². The third-order valence-corrected chi connectivity index (χ3v) is 11.9. The summed E-state index contributed by atoms with van der Waals surface area (Å²) in [4.78, 5) is 51.0. The highest BCUT2D eigenvalue weighted by Crippen LogP contribution is 2.40. The number of urea groups is 1. The van der Waals surface area contributed by atoms with Gasteiger partial charge in [-0.25, -0.2) is 4.79 Å². The normalized spacial score (nSPS) is 21.1. The summed E-state index contributed by atoms with van der Waals surface area (Å²) >= 11 is 7.87. The molecule has 6 rings (SSSR count). The van der Waals surface area contributed by atoms with Crippen LogP contribution in [0.5, 0.6) is 0 Å². The number of piperidine rings is 2. The van der Waals surface area contributed by atoms with Crippen LogP contribution in [0.2, 0.25) is 5.02 Å². The highest BCUT2D eigenvalue weighted by atomic mass is 35.5. The molecule has 0 bridgehead atoms. The summed E-state index contributed by atoms with van der Waals surface area (Å²) in [6.07, 6.45) is -0.853. The summed E-state index contributed by atoms with van der Waals surface area (Å²) in [5, 5.41) is 9.37. The Labute approximate surface area is 300 Å². The van der Waals surface area contributed by atoms with Gasteiger partial charge in [0.15, 0.2) is 0 Å². The Balaban J connectivity index is 1.14. The van der Waals surface area contributed by atoms with Crippen LogP contribution in [0.15, 0.2) is 22.9 Å². The largest absolute Gasteiger partial charge is 0.418 e. The average molecular weight is 738 g/mol. The quantitative estimate of drug-likeness (QED) is 0.363. The van der Waals surface area contributed by atoms with Crippen molar-refractivity contribution in [2.24, 2.45) is 5.92 Å². The van der Waals surface area contributed by atoms with Crippen molar-refractivity contribution in [3.8, 4) is 0 Å². The second kappa shape index (κ2) is 15.7. The van der Waals surface area contributed by atoms with E-state index in [9.17, 15) is 27.6 Å². The number of amides is 4. The van der Waals surface area contributed by atoms with E-state index in [1.165, 1.54) is 13.1 Å². The molecular formula is C35H47ClF3N7O3S. The second-order valence-corrected chi connectivity index (χ2v) is 15.2. The maximum Gasteiger partial charge on any atom is 0.418 e. The Kier molecular flexibility index (Phi) is 11.5. The number of hydrogen-bond donors (Lipinski definition) is 2. The van der Waals surface area contributed by atoms with E-state index in [0.717, 1.165) is 62.8 Å². The van der Waals surface area contributed by atoms with Crippen molar-refractivity contribution >= 4 is 52.2 Å². The Morgan fingerprint density at radius 2 is 1.68 bits per heavy atom. The third kappa shape index (κ3) is 8.35. The van der Waals surface area contributed by atoms with Gasteiger partial charge >= 0.3 is 12.2 Å². The minimum absolute atomic E-state index is 0.0240. The standard InChI is InChI=1S/C35H47ClF3N7O3S/c1-40-32-28(35(37,38)39)17-23(18-29(32)36)16-24(33(48)45-12-4-26(5-13-45)43-9-3-8-42(2)14-15-43)19-31(47)44-10-6-27(7-11-44)46-20-25-21-50-22-30(25)41-34(46)49/h17-18,21-22,24,26-27,40H,3-16,19-20H2,1-2H3,(H,41,49)/t24-/m0/s1. The maximum atomic E-state index is 14.2. The molecule has 4 aliphatic rings. The first-order chi connectivity index (χ1) is 23.9. The number of carbonyl (C=O) groups is 3. The zero-order valence-corrected chi connectivity index (χ0v) is 30.3. The third-order valence-electron chi connectivity index (χ3n) is 10.8. The number of nitrogens with zero attached hydrogens (tertiary/aromatic N) is 5. The van der Waals surface area contributed by atoms with Gasteiger partial charge in [0.1, 0.15) is 0 Å². The van der Waals surface area contributed by atoms with Crippen molar-refractivity contribution in [2.45, 2.75) is 69.8 Å². The van der Waals surface area contributed by atoms with Gasteiger partial charge in [-0.3, -0.25) is 14.5 Å². The molecule has 1 aromatic heterocycles. The Morgan fingerprint density at radius 3 is 2.38 bits per heavy atom. The molecule has 2 aromatic rings. The predicted molar refractivity (Wildman–Crippen MR) is 190 cm³/mol. The van der Waals surface area contributed by atoms with E-state index in [2.05, 4.69) is 27.5 Å². The van der Waals surface area contributed by atoms with Gasteiger partial charge in [0.2, 0.25) is 11.8 Å². The molecule has 5 heterocycles. The molecule has 3 saturated heterocycles. The number of fused-ring (bicyclic) bond motifs is 1. The number of benzene rings is 1. The lowest BCUT2D eigenvalue weighted by Crippen LogP contribution is -2.52. The number of alkyl halides is 3. The van der Waals surface area contributed by atoms with E-state index in [0.29, 0.717) is 51.6 Å². The fourth-order valence-corrected chi connectivity index (χ4v) is 9.11. The number of anilines is 2. The van der Waals surface area contributed by atoms with E-state index >= 15 is 0 Å². The number of halogens is 4. The first-order valence-electron chi connectivity index (χ1n) is 17.6. The lowest BCUT2D eigenvalue weighted by atomic mass is 9.91. The molecule has 1 atom stereocenters. The summed E-state index contributed by atoms with van der Waals surface area (Å²) in [6.45, 7) is 6.58. The molecule has 4 amide bonds. The van der Waals surface area contributed by atoms with E-state index in [4.69, 9.17) is 11.6 Å². The maximum absolute atomic E-state index is 14.2. The lowest BCUT2D eigenvalue weighted by molar-refractivity contribution is -0.143. The van der Waals surface area contributed by atoms with Gasteiger partial charge in [-0.05, 0) is 81.7 Å². The summed E-state index contributed by atoms with van der Waals surface area (Å²) in [5.74, 6) is -1.25. The molecule has 3 fully saturated rings. The number of likely N-dealkylation sites (tertiary alicyclic amines) is 2. The minimum atomic E-state index is -4.65. The number of likely N-dealkylation sites (N-methyl/N-ethyl adjacent to an activating group) is 1. The Hall–Kier alpha value is -3.07. The Morgan fingerprint density at radius 1 is 0.980 bits per heavy atom. The highest BCUT2D eigenvalue weighted by Gasteiger charge is 2.38. The van der Waals surface area contributed by atoms with Crippen LogP contribution >= 0.6 is 22.9 Å². The van der Waals surface area contributed by atoms with Gasteiger partial charge in [0, 0.05) is 75.8 Å². The van der Waals surface area contributed by atoms with Crippen LogP contribution in [0, 0.1) is 5.92 Å². The molecule has 0 radical (unpaired) electrons. The van der Waals surface area contributed by atoms with Gasteiger partial charge in [0.05, 0.1) is 34.4 Å². The Bertz CT molecular complexity index is 1540. The van der Waals surface area contributed by atoms with Gasteiger partial charge in [-0.1, -0.05) is 11.6 Å². The number of carbonyl (C=O) groups excluding carboxylic acids is 3. The molecule has 1 aromatic carbocycles. The van der Waals surface area contributed by atoms with Crippen molar-refractivity contribution in [3.63, 3.8) is 0 Å². The number of hydrogen-bond acceptors (Lipinski definition) is 7. The molecule has 0 spiro atoms. The van der Waals surface area contributed by atoms with Crippen LogP contribution in [-0.2, 0) is 28.7 Å². The van der Waals surface area contributed by atoms with E-state index in [1.807, 2.05) is 15.7 Å². The molecule has 0 saturated carbocycles. The summed E-state index contributed by atoms with van der Waals surface area (Å²) in [6, 6.07) is 2.72. The van der Waals surface area contributed by atoms with E-state index in [-0.39, 0.29) is 53.0 Å². The highest BCUT2D eigenvalue weighted by molar-refractivity contribution is 7.08. The zero-order valence-electron chi connectivity index (χ0n) is 28.7. The van der Waals surface area contributed by atoms with Crippen LogP contribution in [0.1, 0.15) is 55.2 Å². The molecule has 2 N–H and O–H groups in total. The molecule has 274 valence electrons. The van der Waals surface area contributed by atoms with Gasteiger partial charge in [-0.2, -0.15) is 13.2 Å². The SMILES string of the molecule is CNc1c(Cl)cc(C[C@@H](CC(=O)N2CCC(N3Cc4cscc4NC3=O)CC2)C(=O)N2CCC(N3CCCN(C)CC3)CC2)cc1C(F)(F)F. The average Bonchev–Trinajstić information content (AvgIpc) is 3.44. The van der Waals surface area contributed by atoms with E-state index < -0.39 is 17.7 Å². The van der Waals surface area contributed by atoms with Crippen LogP contribution in [0.3, 0.4) is 0 Å². The molecule has 15 heteroatoms. The van der Waals surface area contributed by atoms with Crippen molar-refractivity contribution in [1.82, 2.24) is 24.5 Å². The summed E-state index contributed by atoms with van der Waals surface area (Å²) < 4.78 is 42.1. The van der Waals surface area contributed by atoms with Gasteiger partial charge < -0.3 is 30.2 Å². The molecule has 0 unspecified atom stereocenters. The molecular weight excluding hydrogens is 691 g/mol. The number of rotatable bonds is 8. The first kappa shape index (κ1) is 36.7.